The number of aliphatic hydroxyl groups excluding tert-OH is 1. The minimum absolute atomic E-state index is 0.241. The first-order valence-corrected chi connectivity index (χ1v) is 6.98. The molecule has 0 amide bonds. The van der Waals surface area contributed by atoms with Crippen LogP contribution in [0.15, 0.2) is 34.9 Å². The molecule has 2 unspecified atom stereocenters. The van der Waals surface area contributed by atoms with E-state index >= 15 is 0 Å². The Hall–Kier alpha value is -1.88. The van der Waals surface area contributed by atoms with Gasteiger partial charge in [-0.3, -0.25) is 0 Å². The summed E-state index contributed by atoms with van der Waals surface area (Å²) in [6, 6.07) is 9.51. The van der Waals surface area contributed by atoms with Gasteiger partial charge < -0.3 is 14.5 Å². The van der Waals surface area contributed by atoms with Crippen LogP contribution in [0.2, 0.25) is 0 Å². The highest BCUT2D eigenvalue weighted by atomic mass is 16.5. The molecule has 1 heterocycles. The number of rotatable bonds is 6. The van der Waals surface area contributed by atoms with Gasteiger partial charge in [0.1, 0.15) is 0 Å². The van der Waals surface area contributed by atoms with Crippen molar-refractivity contribution in [2.45, 2.75) is 32.8 Å². The van der Waals surface area contributed by atoms with E-state index in [0.29, 0.717) is 11.8 Å². The van der Waals surface area contributed by atoms with Crippen molar-refractivity contribution in [2.75, 3.05) is 18.0 Å². The zero-order chi connectivity index (χ0) is 14.5. The van der Waals surface area contributed by atoms with Gasteiger partial charge in [0, 0.05) is 13.1 Å². The van der Waals surface area contributed by atoms with E-state index in [4.69, 9.17) is 4.52 Å². The lowest BCUT2D eigenvalue weighted by Crippen LogP contribution is -2.23. The van der Waals surface area contributed by atoms with Crippen LogP contribution in [0.25, 0.3) is 0 Å². The summed E-state index contributed by atoms with van der Waals surface area (Å²) >= 11 is 0. The highest BCUT2D eigenvalue weighted by Crippen LogP contribution is 2.30. The van der Waals surface area contributed by atoms with Crippen LogP contribution in [0.5, 0.6) is 0 Å². The zero-order valence-electron chi connectivity index (χ0n) is 12.2. The van der Waals surface area contributed by atoms with Crippen LogP contribution in [0.3, 0.4) is 0 Å². The minimum Gasteiger partial charge on any atom is -0.388 e. The lowest BCUT2D eigenvalue weighted by molar-refractivity contribution is 0.135. The summed E-state index contributed by atoms with van der Waals surface area (Å²) in [5.74, 6) is 0.801. The molecular weight excluding hydrogens is 254 g/mol. The van der Waals surface area contributed by atoms with Crippen LogP contribution >= 0.6 is 0 Å². The Morgan fingerprint density at radius 1 is 1.20 bits per heavy atom. The quantitative estimate of drug-likeness (QED) is 0.878. The van der Waals surface area contributed by atoms with Crippen LogP contribution in [-0.4, -0.2) is 28.3 Å². The molecule has 0 aliphatic heterocycles. The summed E-state index contributed by atoms with van der Waals surface area (Å²) in [6.45, 7) is 7.62. The van der Waals surface area contributed by atoms with Gasteiger partial charge in [-0.25, -0.2) is 0 Å². The Balaban J connectivity index is 2.15. The van der Waals surface area contributed by atoms with E-state index in [-0.39, 0.29) is 5.92 Å². The Morgan fingerprint density at radius 2 is 1.85 bits per heavy atom. The zero-order valence-corrected chi connectivity index (χ0v) is 12.2. The number of benzene rings is 1. The number of nitrogens with zero attached hydrogens (tertiary/aromatic N) is 3. The Labute approximate surface area is 119 Å². The average Bonchev–Trinajstić information content (AvgIpc) is 2.97. The molecule has 0 spiro atoms. The molecule has 0 saturated carbocycles. The second-order valence-electron chi connectivity index (χ2n) is 4.75. The largest absolute Gasteiger partial charge is 0.388 e. The van der Waals surface area contributed by atoms with E-state index < -0.39 is 6.10 Å². The van der Waals surface area contributed by atoms with Crippen molar-refractivity contribution < 1.29 is 9.63 Å². The maximum Gasteiger partial charge on any atom is 0.266 e. The van der Waals surface area contributed by atoms with E-state index in [1.807, 2.05) is 56.0 Å². The van der Waals surface area contributed by atoms with E-state index in [9.17, 15) is 5.11 Å². The highest BCUT2D eigenvalue weighted by Gasteiger charge is 2.24. The molecule has 0 bridgehead atoms. The maximum absolute atomic E-state index is 10.4. The van der Waals surface area contributed by atoms with Crippen LogP contribution in [0.4, 0.5) is 5.95 Å². The van der Waals surface area contributed by atoms with Crippen molar-refractivity contribution in [3.8, 4) is 0 Å². The molecule has 2 atom stereocenters. The molecule has 0 aliphatic rings. The molecule has 0 radical (unpaired) electrons. The molecule has 1 N–H and O–H groups in total. The molecule has 2 aromatic rings. The minimum atomic E-state index is -0.652. The molecule has 1 aromatic carbocycles. The van der Waals surface area contributed by atoms with Crippen LogP contribution in [0.1, 0.15) is 44.2 Å². The van der Waals surface area contributed by atoms with Gasteiger partial charge in [-0.2, -0.15) is 4.98 Å². The van der Waals surface area contributed by atoms with E-state index in [0.717, 1.165) is 18.7 Å². The van der Waals surface area contributed by atoms with Gasteiger partial charge >= 0.3 is 0 Å². The van der Waals surface area contributed by atoms with Crippen molar-refractivity contribution in [1.29, 1.82) is 0 Å². The second-order valence-corrected chi connectivity index (χ2v) is 4.75. The van der Waals surface area contributed by atoms with Crippen LogP contribution in [0, 0.1) is 0 Å². The van der Waals surface area contributed by atoms with Crippen molar-refractivity contribution >= 4 is 5.95 Å². The standard InChI is InChI=1S/C15H21N3O2/c1-4-18(5-2)15-16-14(20-17-15)11(3)13(19)12-9-7-6-8-10-12/h6-11,13,19H,4-5H2,1-3H3. The third-order valence-electron chi connectivity index (χ3n) is 3.48. The summed E-state index contributed by atoms with van der Waals surface area (Å²) in [4.78, 5) is 6.40. The molecule has 0 saturated heterocycles. The van der Waals surface area contributed by atoms with Crippen molar-refractivity contribution in [1.82, 2.24) is 10.1 Å². The number of hydrogen-bond acceptors (Lipinski definition) is 5. The predicted molar refractivity (Wildman–Crippen MR) is 77.7 cm³/mol. The first kappa shape index (κ1) is 14.5. The van der Waals surface area contributed by atoms with Crippen molar-refractivity contribution in [2.24, 2.45) is 0 Å². The third kappa shape index (κ3) is 2.99. The Kier molecular flexibility index (Phi) is 4.74. The average molecular weight is 275 g/mol. The van der Waals surface area contributed by atoms with Gasteiger partial charge in [0.25, 0.3) is 5.95 Å². The van der Waals surface area contributed by atoms with Crippen molar-refractivity contribution in [3.63, 3.8) is 0 Å². The fraction of sp³-hybridized carbons (Fsp3) is 0.467. The lowest BCUT2D eigenvalue weighted by Gasteiger charge is -2.16. The molecule has 0 aliphatic carbocycles. The number of aliphatic hydroxyl groups is 1. The number of anilines is 1. The van der Waals surface area contributed by atoms with Gasteiger partial charge in [0.2, 0.25) is 5.89 Å². The smallest absolute Gasteiger partial charge is 0.266 e. The lowest BCUT2D eigenvalue weighted by atomic mass is 9.97. The van der Waals surface area contributed by atoms with Gasteiger partial charge in [0.05, 0.1) is 12.0 Å². The molecule has 2 rings (SSSR count). The fourth-order valence-corrected chi connectivity index (χ4v) is 2.12. The molecular formula is C15H21N3O2. The molecule has 1 aromatic heterocycles. The number of aromatic nitrogens is 2. The predicted octanol–water partition coefficient (Wildman–Crippen LogP) is 2.75. The fourth-order valence-electron chi connectivity index (χ4n) is 2.12. The Morgan fingerprint density at radius 3 is 2.45 bits per heavy atom. The summed E-state index contributed by atoms with van der Waals surface area (Å²) in [6.07, 6.45) is -0.652. The summed E-state index contributed by atoms with van der Waals surface area (Å²) in [5.41, 5.74) is 0.850. The Bertz CT molecular complexity index is 523. The first-order valence-electron chi connectivity index (χ1n) is 6.98. The summed E-state index contributed by atoms with van der Waals surface area (Å²) < 4.78 is 5.29. The normalized spacial score (nSPS) is 14.0. The van der Waals surface area contributed by atoms with E-state index in [1.165, 1.54) is 0 Å². The SMILES string of the molecule is CCN(CC)c1noc(C(C)C(O)c2ccccc2)n1. The van der Waals surface area contributed by atoms with E-state index in [1.54, 1.807) is 0 Å². The second kappa shape index (κ2) is 6.52. The van der Waals surface area contributed by atoms with Gasteiger partial charge in [-0.05, 0) is 24.6 Å². The third-order valence-corrected chi connectivity index (χ3v) is 3.48. The van der Waals surface area contributed by atoms with Crippen LogP contribution in [-0.2, 0) is 0 Å². The molecule has 20 heavy (non-hydrogen) atoms. The molecule has 5 nitrogen and oxygen atoms in total. The topological polar surface area (TPSA) is 62.4 Å². The first-order chi connectivity index (χ1) is 9.67. The van der Waals surface area contributed by atoms with Gasteiger partial charge in [-0.1, -0.05) is 37.3 Å². The van der Waals surface area contributed by atoms with Crippen molar-refractivity contribution in [3.05, 3.63) is 41.8 Å². The van der Waals surface area contributed by atoms with E-state index in [2.05, 4.69) is 10.1 Å². The van der Waals surface area contributed by atoms with Gasteiger partial charge in [0.15, 0.2) is 0 Å². The highest BCUT2D eigenvalue weighted by molar-refractivity contribution is 5.28. The maximum atomic E-state index is 10.4. The molecule has 0 fully saturated rings. The molecule has 5 heteroatoms. The summed E-state index contributed by atoms with van der Waals surface area (Å²) in [7, 11) is 0. The van der Waals surface area contributed by atoms with Gasteiger partial charge in [-0.15, -0.1) is 0 Å². The molecule has 108 valence electrons. The van der Waals surface area contributed by atoms with Crippen LogP contribution < -0.4 is 4.90 Å². The monoisotopic (exact) mass is 275 g/mol. The summed E-state index contributed by atoms with van der Waals surface area (Å²) in [5, 5.41) is 14.3. The number of hydrogen-bond donors (Lipinski definition) is 1.